The van der Waals surface area contributed by atoms with E-state index >= 15 is 0 Å². The van der Waals surface area contributed by atoms with Crippen LogP contribution in [0.3, 0.4) is 0 Å². The fourth-order valence-electron chi connectivity index (χ4n) is 2.50. The van der Waals surface area contributed by atoms with Gasteiger partial charge in [0, 0.05) is 29.0 Å². The Morgan fingerprint density at radius 3 is 2.64 bits per heavy atom. The lowest BCUT2D eigenvalue weighted by Gasteiger charge is -2.17. The molecule has 0 bridgehead atoms. The Morgan fingerprint density at radius 2 is 1.86 bits per heavy atom. The summed E-state index contributed by atoms with van der Waals surface area (Å²) in [5.74, 6) is 0.146. The minimum absolute atomic E-state index is 0.0896. The molecule has 0 aliphatic carbocycles. The molecule has 0 aliphatic rings. The maximum atomic E-state index is 11.0. The van der Waals surface area contributed by atoms with Gasteiger partial charge in [-0.2, -0.15) is 0 Å². The van der Waals surface area contributed by atoms with Crippen molar-refractivity contribution in [2.24, 2.45) is 0 Å². The summed E-state index contributed by atoms with van der Waals surface area (Å²) < 4.78 is 5.84. The largest absolute Gasteiger partial charge is 0.456 e. The third kappa shape index (κ3) is 2.75. The molecule has 22 heavy (non-hydrogen) atoms. The molecule has 0 spiro atoms. The van der Waals surface area contributed by atoms with Gasteiger partial charge in [0.05, 0.1) is 6.10 Å². The molecule has 0 saturated carbocycles. The SMILES string of the molecule is CC(=O)SCC(O)C(O)c1cccc2c1oc1ccccc12. The summed E-state index contributed by atoms with van der Waals surface area (Å²) in [6.45, 7) is 1.43. The smallest absolute Gasteiger partial charge is 0.185 e. The van der Waals surface area contributed by atoms with Crippen LogP contribution >= 0.6 is 11.8 Å². The van der Waals surface area contributed by atoms with Crippen LogP contribution in [0.2, 0.25) is 0 Å². The van der Waals surface area contributed by atoms with Crippen LogP contribution < -0.4 is 0 Å². The summed E-state index contributed by atoms with van der Waals surface area (Å²) in [5.41, 5.74) is 1.85. The van der Waals surface area contributed by atoms with Gasteiger partial charge in [-0.1, -0.05) is 48.2 Å². The normalized spacial score (nSPS) is 14.3. The van der Waals surface area contributed by atoms with Gasteiger partial charge < -0.3 is 14.6 Å². The number of rotatable bonds is 4. The van der Waals surface area contributed by atoms with Gasteiger partial charge in [0.2, 0.25) is 0 Å². The van der Waals surface area contributed by atoms with Crippen molar-refractivity contribution in [1.82, 2.24) is 0 Å². The van der Waals surface area contributed by atoms with Crippen molar-refractivity contribution < 1.29 is 19.4 Å². The molecule has 2 N–H and O–H groups in total. The zero-order chi connectivity index (χ0) is 15.7. The molecule has 114 valence electrons. The van der Waals surface area contributed by atoms with Crippen molar-refractivity contribution in [2.75, 3.05) is 5.75 Å². The zero-order valence-electron chi connectivity index (χ0n) is 12.0. The Balaban J connectivity index is 2.01. The average molecular weight is 316 g/mol. The number of thioether (sulfide) groups is 1. The first kappa shape index (κ1) is 15.1. The fraction of sp³-hybridized carbons (Fsp3) is 0.235. The minimum atomic E-state index is -1.10. The number of para-hydroxylation sites is 2. The Bertz CT molecular complexity index is 824. The Morgan fingerprint density at radius 1 is 1.14 bits per heavy atom. The summed E-state index contributed by atoms with van der Waals surface area (Å²) in [6, 6.07) is 13.1. The van der Waals surface area contributed by atoms with E-state index in [1.807, 2.05) is 36.4 Å². The van der Waals surface area contributed by atoms with Gasteiger partial charge in [0.15, 0.2) is 5.12 Å². The highest BCUT2D eigenvalue weighted by atomic mass is 32.2. The van der Waals surface area contributed by atoms with Gasteiger partial charge in [0.25, 0.3) is 0 Å². The van der Waals surface area contributed by atoms with E-state index in [0.717, 1.165) is 28.1 Å². The molecule has 0 fully saturated rings. The molecule has 2 unspecified atom stereocenters. The molecular weight excluding hydrogens is 300 g/mol. The van der Waals surface area contributed by atoms with Crippen molar-refractivity contribution in [3.8, 4) is 0 Å². The summed E-state index contributed by atoms with van der Waals surface area (Å²) >= 11 is 0.993. The third-order valence-corrected chi connectivity index (χ3v) is 4.49. The van der Waals surface area contributed by atoms with E-state index in [1.54, 1.807) is 6.07 Å². The molecular formula is C17H16O4S. The summed E-state index contributed by atoms with van der Waals surface area (Å²) in [7, 11) is 0. The van der Waals surface area contributed by atoms with Gasteiger partial charge >= 0.3 is 0 Å². The molecule has 0 radical (unpaired) electrons. The Kier molecular flexibility index (Phi) is 4.20. The number of hydrogen-bond donors (Lipinski definition) is 2. The molecule has 0 aliphatic heterocycles. The highest BCUT2D eigenvalue weighted by Crippen LogP contribution is 2.34. The van der Waals surface area contributed by atoms with Crippen LogP contribution in [0, 0.1) is 0 Å². The van der Waals surface area contributed by atoms with Crippen molar-refractivity contribution in [1.29, 1.82) is 0 Å². The minimum Gasteiger partial charge on any atom is -0.456 e. The number of benzene rings is 2. The van der Waals surface area contributed by atoms with E-state index in [-0.39, 0.29) is 10.9 Å². The number of carbonyl (C=O) groups excluding carboxylic acids is 1. The van der Waals surface area contributed by atoms with Crippen molar-refractivity contribution >= 4 is 38.8 Å². The molecule has 0 saturated heterocycles. The van der Waals surface area contributed by atoms with Crippen LogP contribution in [0.15, 0.2) is 46.9 Å². The van der Waals surface area contributed by atoms with Gasteiger partial charge in [-0.05, 0) is 6.07 Å². The monoisotopic (exact) mass is 316 g/mol. The predicted octanol–water partition coefficient (Wildman–Crippen LogP) is 3.26. The van der Waals surface area contributed by atoms with E-state index < -0.39 is 12.2 Å². The number of fused-ring (bicyclic) bond motifs is 3. The molecule has 2 atom stereocenters. The maximum Gasteiger partial charge on any atom is 0.185 e. The Hall–Kier alpha value is -1.82. The highest BCUT2D eigenvalue weighted by molar-refractivity contribution is 8.13. The van der Waals surface area contributed by atoms with Crippen LogP contribution in [-0.4, -0.2) is 27.2 Å². The quantitative estimate of drug-likeness (QED) is 0.773. The van der Waals surface area contributed by atoms with Crippen LogP contribution in [0.4, 0.5) is 0 Å². The van der Waals surface area contributed by atoms with Crippen molar-refractivity contribution in [3.63, 3.8) is 0 Å². The molecule has 1 heterocycles. The van der Waals surface area contributed by atoms with Gasteiger partial charge in [-0.25, -0.2) is 0 Å². The molecule has 3 rings (SSSR count). The van der Waals surface area contributed by atoms with Crippen molar-refractivity contribution in [3.05, 3.63) is 48.0 Å². The first-order valence-corrected chi connectivity index (χ1v) is 7.96. The standard InChI is InChI=1S/C17H16O4S/c1-10(18)22-9-14(19)16(20)13-7-4-6-12-11-5-2-3-8-15(11)21-17(12)13/h2-8,14,16,19-20H,9H2,1H3. The summed E-state index contributed by atoms with van der Waals surface area (Å²) in [6.07, 6.45) is -2.14. The number of aliphatic hydroxyl groups excluding tert-OH is 2. The zero-order valence-corrected chi connectivity index (χ0v) is 12.8. The molecule has 5 heteroatoms. The lowest BCUT2D eigenvalue weighted by Crippen LogP contribution is -2.21. The average Bonchev–Trinajstić information content (AvgIpc) is 2.90. The summed E-state index contributed by atoms with van der Waals surface area (Å²) in [4.78, 5) is 11.0. The number of furan rings is 1. The molecule has 2 aromatic carbocycles. The lowest BCUT2D eigenvalue weighted by atomic mass is 10.0. The number of hydrogen-bond acceptors (Lipinski definition) is 5. The fourth-order valence-corrected chi connectivity index (χ4v) is 3.09. The summed E-state index contributed by atoms with van der Waals surface area (Å²) in [5, 5.41) is 22.3. The van der Waals surface area contributed by atoms with Crippen LogP contribution in [0.1, 0.15) is 18.6 Å². The van der Waals surface area contributed by atoms with E-state index in [2.05, 4.69) is 0 Å². The van der Waals surface area contributed by atoms with Crippen molar-refractivity contribution in [2.45, 2.75) is 19.1 Å². The number of carbonyl (C=O) groups is 1. The maximum absolute atomic E-state index is 11.0. The van der Waals surface area contributed by atoms with Gasteiger partial charge in [0.1, 0.15) is 17.3 Å². The number of aliphatic hydroxyl groups is 2. The van der Waals surface area contributed by atoms with E-state index in [0.29, 0.717) is 11.1 Å². The molecule has 4 nitrogen and oxygen atoms in total. The van der Waals surface area contributed by atoms with E-state index in [9.17, 15) is 15.0 Å². The lowest BCUT2D eigenvalue weighted by molar-refractivity contribution is -0.109. The Labute approximate surface area is 131 Å². The van der Waals surface area contributed by atoms with Gasteiger partial charge in [-0.15, -0.1) is 0 Å². The second kappa shape index (κ2) is 6.12. The second-order valence-electron chi connectivity index (χ2n) is 5.14. The van der Waals surface area contributed by atoms with E-state index in [4.69, 9.17) is 4.42 Å². The molecule has 3 aromatic rings. The second-order valence-corrected chi connectivity index (χ2v) is 6.33. The molecule has 1 aromatic heterocycles. The van der Waals surface area contributed by atoms with E-state index in [1.165, 1.54) is 6.92 Å². The topological polar surface area (TPSA) is 70.7 Å². The van der Waals surface area contributed by atoms with Crippen LogP contribution in [0.5, 0.6) is 0 Å². The van der Waals surface area contributed by atoms with Crippen LogP contribution in [0.25, 0.3) is 21.9 Å². The first-order chi connectivity index (χ1) is 10.6. The molecule has 0 amide bonds. The predicted molar refractivity (Wildman–Crippen MR) is 87.8 cm³/mol. The van der Waals surface area contributed by atoms with Gasteiger partial charge in [-0.3, -0.25) is 4.79 Å². The van der Waals surface area contributed by atoms with Crippen LogP contribution in [-0.2, 0) is 4.79 Å². The first-order valence-electron chi connectivity index (χ1n) is 6.97. The highest BCUT2D eigenvalue weighted by Gasteiger charge is 2.23. The third-order valence-electron chi connectivity index (χ3n) is 3.58.